The Morgan fingerprint density at radius 3 is 1.90 bits per heavy atom. The van der Waals surface area contributed by atoms with E-state index in [1.807, 2.05) is 0 Å². The number of carbonyl (C=O) groups is 2. The average molecular weight is 567 g/mol. The summed E-state index contributed by atoms with van der Waals surface area (Å²) in [5.41, 5.74) is 4.52. The lowest BCUT2D eigenvalue weighted by Gasteiger charge is -2.24. The molecule has 0 saturated carbocycles. The molecule has 0 spiro atoms. The molecule has 0 unspecified atom stereocenters. The number of benzene rings is 2. The second kappa shape index (κ2) is 11.3. The number of anilines is 1. The zero-order valence-corrected chi connectivity index (χ0v) is 20.9. The van der Waals surface area contributed by atoms with E-state index in [0.29, 0.717) is 0 Å². The lowest BCUT2D eigenvalue weighted by Crippen LogP contribution is -2.37. The Kier molecular flexibility index (Phi) is 8.50. The van der Waals surface area contributed by atoms with Crippen LogP contribution >= 0.6 is 0 Å². The van der Waals surface area contributed by atoms with Gasteiger partial charge in [0.1, 0.15) is 46.5 Å². The molecule has 3 aromatic rings. The van der Waals surface area contributed by atoms with Crippen molar-refractivity contribution in [2.45, 2.75) is 18.0 Å². The minimum atomic E-state index is -5.08. The van der Waals surface area contributed by atoms with Crippen molar-refractivity contribution in [3.8, 4) is 28.7 Å². The fraction of sp³-hybridized carbons (Fsp3) is 0.136. The summed E-state index contributed by atoms with van der Waals surface area (Å²) in [5.74, 6) is -4.03. The fourth-order valence-corrected chi connectivity index (χ4v) is 3.11. The molecule has 0 bridgehead atoms. The number of amides is 2. The Morgan fingerprint density at radius 1 is 0.775 bits per heavy atom. The molecule has 0 atom stereocenters. The van der Waals surface area contributed by atoms with Gasteiger partial charge in [-0.1, -0.05) is 0 Å². The summed E-state index contributed by atoms with van der Waals surface area (Å²) >= 11 is 0. The molecule has 3 N–H and O–H groups in total. The van der Waals surface area contributed by atoms with Crippen molar-refractivity contribution in [3.05, 3.63) is 66.0 Å². The average Bonchev–Trinajstić information content (AvgIpc) is 2.78. The van der Waals surface area contributed by atoms with E-state index in [-0.39, 0.29) is 28.6 Å². The number of primary amides is 1. The Morgan fingerprint density at radius 2 is 1.35 bits per heavy atom. The van der Waals surface area contributed by atoms with E-state index in [1.54, 1.807) is 23.5 Å². The largest absolute Gasteiger partial charge is 0.573 e. The number of ether oxygens (including phenoxy) is 4. The molecule has 9 nitrogen and oxygen atoms in total. The minimum Gasteiger partial charge on any atom is -0.510 e. The highest BCUT2D eigenvalue weighted by Crippen LogP contribution is 2.39. The number of carbonyl (C=O) groups excluding carboxylic acids is 2. The maximum Gasteiger partial charge on any atom is 0.573 e. The number of aromatic nitrogens is 1. The topological polar surface area (TPSA) is 122 Å². The summed E-state index contributed by atoms with van der Waals surface area (Å²) in [6.07, 6.45) is -8.92. The third kappa shape index (κ3) is 9.06. The molecule has 0 aliphatic carbocycles. The van der Waals surface area contributed by atoms with Crippen molar-refractivity contribution >= 4 is 41.0 Å². The highest BCUT2D eigenvalue weighted by molar-refractivity contribution is 6.58. The van der Waals surface area contributed by atoms with Gasteiger partial charge in [0, 0.05) is 23.2 Å². The van der Waals surface area contributed by atoms with Crippen LogP contribution in [0.25, 0.3) is 0 Å². The first-order valence-electron chi connectivity index (χ1n) is 11.1. The lowest BCUT2D eigenvalue weighted by atomic mass is 9.52. The summed E-state index contributed by atoms with van der Waals surface area (Å²) < 4.78 is 96.0. The molecule has 1 heterocycles. The molecule has 0 fully saturated rings. The van der Waals surface area contributed by atoms with Crippen molar-refractivity contribution in [1.29, 1.82) is 0 Å². The first-order chi connectivity index (χ1) is 18.4. The zero-order chi connectivity index (χ0) is 29.9. The van der Waals surface area contributed by atoms with Gasteiger partial charge in [0.2, 0.25) is 0 Å². The van der Waals surface area contributed by atoms with Gasteiger partial charge in [-0.2, -0.15) is 0 Å². The Balaban J connectivity index is 2.04. The van der Waals surface area contributed by atoms with Crippen LogP contribution in [0.4, 0.5) is 32.0 Å². The zero-order valence-electron chi connectivity index (χ0n) is 20.9. The van der Waals surface area contributed by atoms with Crippen molar-refractivity contribution in [1.82, 2.24) is 4.98 Å². The molecule has 3 rings (SSSR count). The van der Waals surface area contributed by atoms with Gasteiger partial charge < -0.3 is 30.0 Å². The van der Waals surface area contributed by atoms with E-state index in [2.05, 4.69) is 19.8 Å². The molecule has 0 aliphatic rings. The van der Waals surface area contributed by atoms with Crippen LogP contribution in [-0.4, -0.2) is 58.4 Å². The molecule has 2 aromatic carbocycles. The standard InChI is InChI=1S/C22H18B3F6N3O6/c23-20(24,25)40-17-9-12(39-22(29,30)31)2-4-16(17)37-15-3-1-11(38-21(26,27)28)8-13(15)19(36)34-10-5-6-33-14(7-10)18(32)35/h1-9H,23-25H2,(H2,32,35)(H,33,34,36). The number of hydrogen-bond acceptors (Lipinski definition) is 7. The molecular formula is C22H18B3F6N3O6. The van der Waals surface area contributed by atoms with Gasteiger partial charge in [-0.05, 0) is 42.5 Å². The van der Waals surface area contributed by atoms with E-state index in [0.717, 1.165) is 48.7 Å². The summed E-state index contributed by atoms with van der Waals surface area (Å²) in [6, 6.07) is 7.88. The van der Waals surface area contributed by atoms with Crippen LogP contribution < -0.4 is 30.0 Å². The summed E-state index contributed by atoms with van der Waals surface area (Å²) in [7, 11) is 4.81. The number of alkyl halides is 6. The van der Waals surface area contributed by atoms with Gasteiger partial charge in [-0.15, -0.1) is 26.3 Å². The number of nitrogens with two attached hydrogens (primary N) is 1. The van der Waals surface area contributed by atoms with Gasteiger partial charge in [-0.3, -0.25) is 14.6 Å². The van der Waals surface area contributed by atoms with Crippen LogP contribution in [0.3, 0.4) is 0 Å². The normalized spacial score (nSPS) is 11.8. The quantitative estimate of drug-likeness (QED) is 0.300. The summed E-state index contributed by atoms with van der Waals surface area (Å²) in [6.45, 7) is 0. The van der Waals surface area contributed by atoms with Crippen LogP contribution in [0.1, 0.15) is 20.8 Å². The van der Waals surface area contributed by atoms with Gasteiger partial charge in [-0.25, -0.2) is 0 Å². The molecule has 208 valence electrons. The van der Waals surface area contributed by atoms with Crippen LogP contribution in [0.5, 0.6) is 28.7 Å². The number of halogens is 6. The monoisotopic (exact) mass is 567 g/mol. The van der Waals surface area contributed by atoms with E-state index in [4.69, 9.17) is 15.2 Å². The van der Waals surface area contributed by atoms with Crippen LogP contribution in [-0.2, 0) is 0 Å². The summed E-state index contributed by atoms with van der Waals surface area (Å²) in [4.78, 5) is 28.2. The second-order valence-corrected chi connectivity index (χ2v) is 8.93. The van der Waals surface area contributed by atoms with Gasteiger partial charge in [0.05, 0.1) is 5.56 Å². The highest BCUT2D eigenvalue weighted by Gasteiger charge is 2.33. The van der Waals surface area contributed by atoms with Crippen LogP contribution in [0.2, 0.25) is 0 Å². The number of pyridine rings is 1. The Hall–Kier alpha value is -4.50. The molecule has 2 amide bonds. The number of rotatable bonds is 9. The lowest BCUT2D eigenvalue weighted by molar-refractivity contribution is -0.275. The molecule has 0 aliphatic heterocycles. The maximum absolute atomic E-state index is 13.1. The molecule has 18 heteroatoms. The third-order valence-corrected chi connectivity index (χ3v) is 4.48. The van der Waals surface area contributed by atoms with Crippen molar-refractivity contribution in [3.63, 3.8) is 0 Å². The van der Waals surface area contributed by atoms with Gasteiger partial charge in [0.15, 0.2) is 11.5 Å². The SMILES string of the molecule is BC(B)(B)Oc1cc(OC(F)(F)F)ccc1Oc1ccc(OC(F)(F)F)cc1C(=O)Nc1ccnc(C(N)=O)c1. The van der Waals surface area contributed by atoms with Gasteiger partial charge >= 0.3 is 12.7 Å². The van der Waals surface area contributed by atoms with Crippen molar-refractivity contribution < 1.29 is 54.9 Å². The number of nitrogens with zero attached hydrogens (tertiary/aromatic N) is 1. The molecular weight excluding hydrogens is 549 g/mol. The molecule has 0 radical (unpaired) electrons. The first-order valence-corrected chi connectivity index (χ1v) is 11.1. The number of nitrogens with one attached hydrogen (secondary N) is 1. The molecule has 0 saturated heterocycles. The van der Waals surface area contributed by atoms with E-state index >= 15 is 0 Å². The Labute approximate surface area is 225 Å². The van der Waals surface area contributed by atoms with Crippen LogP contribution in [0, 0.1) is 0 Å². The van der Waals surface area contributed by atoms with E-state index in [1.165, 1.54) is 6.07 Å². The maximum atomic E-state index is 13.1. The Bertz CT molecular complexity index is 1420. The van der Waals surface area contributed by atoms with E-state index in [9.17, 15) is 35.9 Å². The smallest absolute Gasteiger partial charge is 0.510 e. The van der Waals surface area contributed by atoms with E-state index < -0.39 is 46.9 Å². The van der Waals surface area contributed by atoms with Crippen LogP contribution in [0.15, 0.2) is 54.7 Å². The predicted molar refractivity (Wildman–Crippen MR) is 136 cm³/mol. The second-order valence-electron chi connectivity index (χ2n) is 8.93. The van der Waals surface area contributed by atoms with Crippen molar-refractivity contribution in [2.24, 2.45) is 5.73 Å². The van der Waals surface area contributed by atoms with Crippen molar-refractivity contribution in [2.75, 3.05) is 5.32 Å². The first kappa shape index (κ1) is 30.1. The summed E-state index contributed by atoms with van der Waals surface area (Å²) in [5, 5.41) is 1.45. The van der Waals surface area contributed by atoms with Gasteiger partial charge in [0.25, 0.3) is 11.8 Å². The molecule has 40 heavy (non-hydrogen) atoms. The third-order valence-electron chi connectivity index (χ3n) is 4.48. The molecule has 1 aromatic heterocycles. The minimum absolute atomic E-state index is 0.0206. The fourth-order valence-electron chi connectivity index (χ4n) is 3.11. The number of hydrogen-bond donors (Lipinski definition) is 2. The predicted octanol–water partition coefficient (Wildman–Crippen LogP) is 1.91. The highest BCUT2D eigenvalue weighted by atomic mass is 19.4.